The molecule has 1 rings (SSSR count). The van der Waals surface area contributed by atoms with Crippen LogP contribution in [0.5, 0.6) is 0 Å². The Labute approximate surface area is 113 Å². The smallest absolute Gasteiger partial charge is 0.311 e. The maximum Gasteiger partial charge on any atom is 0.311 e. The van der Waals surface area contributed by atoms with E-state index in [-0.39, 0.29) is 5.69 Å². The summed E-state index contributed by atoms with van der Waals surface area (Å²) >= 11 is 0. The lowest BCUT2D eigenvalue weighted by atomic mass is 10.3. The number of nitrogens with one attached hydrogen (secondary N) is 2. The highest BCUT2D eigenvalue weighted by Crippen LogP contribution is 2.23. The first-order valence-electron chi connectivity index (χ1n) is 6.26. The average molecular weight is 267 g/mol. The van der Waals surface area contributed by atoms with E-state index in [9.17, 15) is 10.1 Å². The van der Waals surface area contributed by atoms with Crippen molar-refractivity contribution >= 4 is 17.3 Å². The van der Waals surface area contributed by atoms with E-state index >= 15 is 0 Å². The molecule has 0 amide bonds. The van der Waals surface area contributed by atoms with E-state index < -0.39 is 4.92 Å². The van der Waals surface area contributed by atoms with Crippen molar-refractivity contribution in [3.05, 3.63) is 22.2 Å². The second-order valence-corrected chi connectivity index (χ2v) is 4.51. The second kappa shape index (κ2) is 7.52. The molecule has 0 radical (unpaired) electrons. The summed E-state index contributed by atoms with van der Waals surface area (Å²) in [4.78, 5) is 16.8. The molecule has 1 aromatic rings. The molecule has 106 valence electrons. The summed E-state index contributed by atoms with van der Waals surface area (Å²) in [6, 6.07) is 3.05. The van der Waals surface area contributed by atoms with Crippen LogP contribution in [0, 0.1) is 10.1 Å². The summed E-state index contributed by atoms with van der Waals surface area (Å²) in [7, 11) is 5.78. The van der Waals surface area contributed by atoms with E-state index in [0.29, 0.717) is 18.2 Å². The maximum absolute atomic E-state index is 10.9. The lowest BCUT2D eigenvalue weighted by Crippen LogP contribution is -2.14. The fourth-order valence-corrected chi connectivity index (χ4v) is 1.63. The Kier molecular flexibility index (Phi) is 6.01. The number of pyridine rings is 1. The molecular formula is C12H21N5O2. The number of nitrogens with zero attached hydrogens (tertiary/aromatic N) is 3. The van der Waals surface area contributed by atoms with Crippen LogP contribution in [0.1, 0.15) is 12.8 Å². The third-order valence-electron chi connectivity index (χ3n) is 2.65. The van der Waals surface area contributed by atoms with E-state index in [1.807, 2.05) is 14.1 Å². The van der Waals surface area contributed by atoms with Crippen molar-refractivity contribution in [3.63, 3.8) is 0 Å². The number of anilines is 2. The van der Waals surface area contributed by atoms with Gasteiger partial charge in [-0.05, 0) is 39.5 Å². The van der Waals surface area contributed by atoms with E-state index in [1.54, 1.807) is 13.1 Å². The summed E-state index contributed by atoms with van der Waals surface area (Å²) in [5.41, 5.74) is 0.00612. The van der Waals surface area contributed by atoms with Gasteiger partial charge >= 0.3 is 5.69 Å². The predicted octanol–water partition coefficient (Wildman–Crippen LogP) is 1.79. The van der Waals surface area contributed by atoms with Gasteiger partial charge in [0.25, 0.3) is 0 Å². The lowest BCUT2D eigenvalue weighted by Gasteiger charge is -2.10. The minimum atomic E-state index is -0.422. The summed E-state index contributed by atoms with van der Waals surface area (Å²) < 4.78 is 0. The van der Waals surface area contributed by atoms with Gasteiger partial charge in [0.2, 0.25) is 5.82 Å². The van der Waals surface area contributed by atoms with Gasteiger partial charge in [-0.25, -0.2) is 4.98 Å². The zero-order valence-corrected chi connectivity index (χ0v) is 11.6. The van der Waals surface area contributed by atoms with Crippen LogP contribution in [0.15, 0.2) is 12.1 Å². The average Bonchev–Trinajstić information content (AvgIpc) is 2.37. The Morgan fingerprint density at radius 3 is 2.68 bits per heavy atom. The fraction of sp³-hybridized carbons (Fsp3) is 0.583. The molecular weight excluding hydrogens is 246 g/mol. The van der Waals surface area contributed by atoms with Crippen LogP contribution in [-0.2, 0) is 0 Å². The van der Waals surface area contributed by atoms with Gasteiger partial charge in [-0.3, -0.25) is 10.1 Å². The van der Waals surface area contributed by atoms with Gasteiger partial charge in [0.15, 0.2) is 0 Å². The molecule has 0 spiro atoms. The molecule has 1 heterocycles. The zero-order valence-electron chi connectivity index (χ0n) is 11.6. The number of aromatic nitrogens is 1. The fourth-order valence-electron chi connectivity index (χ4n) is 1.63. The Balaban J connectivity index is 2.57. The lowest BCUT2D eigenvalue weighted by molar-refractivity contribution is -0.384. The van der Waals surface area contributed by atoms with E-state index in [0.717, 1.165) is 19.4 Å². The Hall–Kier alpha value is -1.89. The predicted molar refractivity (Wildman–Crippen MR) is 76.7 cm³/mol. The highest BCUT2D eigenvalue weighted by molar-refractivity contribution is 5.60. The molecule has 0 fully saturated rings. The van der Waals surface area contributed by atoms with Crippen LogP contribution in [0.25, 0.3) is 0 Å². The van der Waals surface area contributed by atoms with Crippen molar-refractivity contribution in [1.82, 2.24) is 9.88 Å². The van der Waals surface area contributed by atoms with Crippen LogP contribution in [-0.4, -0.2) is 49.0 Å². The third-order valence-corrected chi connectivity index (χ3v) is 2.65. The molecule has 0 bridgehead atoms. The van der Waals surface area contributed by atoms with Gasteiger partial charge in [0, 0.05) is 19.7 Å². The maximum atomic E-state index is 10.9. The van der Waals surface area contributed by atoms with Crippen LogP contribution < -0.4 is 10.6 Å². The molecule has 0 unspecified atom stereocenters. The molecule has 0 aliphatic rings. The van der Waals surface area contributed by atoms with Gasteiger partial charge in [0.1, 0.15) is 5.82 Å². The SMILES string of the molecule is CNc1ccc([N+](=O)[O-])c(NCCCCN(C)C)n1. The molecule has 2 N–H and O–H groups in total. The quantitative estimate of drug-likeness (QED) is 0.424. The highest BCUT2D eigenvalue weighted by atomic mass is 16.6. The van der Waals surface area contributed by atoms with Crippen LogP contribution in [0.3, 0.4) is 0 Å². The van der Waals surface area contributed by atoms with Crippen LogP contribution in [0.4, 0.5) is 17.3 Å². The molecule has 0 aliphatic carbocycles. The van der Waals surface area contributed by atoms with Crippen molar-refractivity contribution < 1.29 is 4.92 Å². The Bertz CT molecular complexity index is 423. The van der Waals surface area contributed by atoms with Gasteiger partial charge in [0.05, 0.1) is 4.92 Å². The molecule has 0 aliphatic heterocycles. The standard InChI is InChI=1S/C12H21N5O2/c1-13-11-7-6-10(17(18)19)12(15-11)14-8-4-5-9-16(2)3/h6-7H,4-5,8-9H2,1-3H3,(H2,13,14,15). The van der Waals surface area contributed by atoms with Gasteiger partial charge in [-0.1, -0.05) is 0 Å². The first kappa shape index (κ1) is 15.2. The Morgan fingerprint density at radius 1 is 1.37 bits per heavy atom. The third kappa shape index (κ3) is 5.09. The van der Waals surface area contributed by atoms with Crippen molar-refractivity contribution in [3.8, 4) is 0 Å². The first-order valence-corrected chi connectivity index (χ1v) is 6.26. The number of unbranched alkanes of at least 4 members (excludes halogenated alkanes) is 1. The van der Waals surface area contributed by atoms with Gasteiger partial charge in [-0.2, -0.15) is 0 Å². The minimum Gasteiger partial charge on any atom is -0.373 e. The first-order chi connectivity index (χ1) is 9.04. The number of rotatable bonds is 8. The Morgan fingerprint density at radius 2 is 2.11 bits per heavy atom. The summed E-state index contributed by atoms with van der Waals surface area (Å²) in [5.74, 6) is 0.933. The molecule has 7 heteroatoms. The summed E-state index contributed by atoms with van der Waals surface area (Å²) in [6.07, 6.45) is 1.99. The van der Waals surface area contributed by atoms with E-state index in [4.69, 9.17) is 0 Å². The number of nitro groups is 1. The molecule has 19 heavy (non-hydrogen) atoms. The van der Waals surface area contributed by atoms with Crippen LogP contribution >= 0.6 is 0 Å². The molecule has 0 saturated heterocycles. The molecule has 7 nitrogen and oxygen atoms in total. The normalized spacial score (nSPS) is 10.5. The zero-order chi connectivity index (χ0) is 14.3. The second-order valence-electron chi connectivity index (χ2n) is 4.51. The highest BCUT2D eigenvalue weighted by Gasteiger charge is 2.15. The van der Waals surface area contributed by atoms with Crippen molar-refractivity contribution in [2.24, 2.45) is 0 Å². The van der Waals surface area contributed by atoms with E-state index in [1.165, 1.54) is 6.07 Å². The van der Waals surface area contributed by atoms with Crippen molar-refractivity contribution in [1.29, 1.82) is 0 Å². The topological polar surface area (TPSA) is 83.3 Å². The number of hydrogen-bond acceptors (Lipinski definition) is 6. The largest absolute Gasteiger partial charge is 0.373 e. The molecule has 0 aromatic carbocycles. The molecule has 0 atom stereocenters. The summed E-state index contributed by atoms with van der Waals surface area (Å²) in [6.45, 7) is 1.68. The van der Waals surface area contributed by atoms with Crippen molar-refractivity contribution in [2.45, 2.75) is 12.8 Å². The van der Waals surface area contributed by atoms with E-state index in [2.05, 4.69) is 20.5 Å². The monoisotopic (exact) mass is 267 g/mol. The summed E-state index contributed by atoms with van der Waals surface area (Å²) in [5, 5.41) is 16.8. The molecule has 0 saturated carbocycles. The number of hydrogen-bond donors (Lipinski definition) is 2. The molecule has 1 aromatic heterocycles. The van der Waals surface area contributed by atoms with Crippen molar-refractivity contribution in [2.75, 3.05) is 44.9 Å². The van der Waals surface area contributed by atoms with Gasteiger partial charge in [-0.15, -0.1) is 0 Å². The minimum absolute atomic E-state index is 0.00612. The van der Waals surface area contributed by atoms with Gasteiger partial charge < -0.3 is 15.5 Å². The van der Waals surface area contributed by atoms with Crippen LogP contribution in [0.2, 0.25) is 0 Å².